The summed E-state index contributed by atoms with van der Waals surface area (Å²) in [6.07, 6.45) is 1.80. The molecule has 0 fully saturated rings. The van der Waals surface area contributed by atoms with Crippen LogP contribution in [0.1, 0.15) is 33.9 Å². The Balaban J connectivity index is 1.22. The van der Waals surface area contributed by atoms with Gasteiger partial charge in [-0.3, -0.25) is 9.59 Å². The van der Waals surface area contributed by atoms with Gasteiger partial charge in [-0.05, 0) is 34.9 Å². The zero-order valence-corrected chi connectivity index (χ0v) is 19.4. The van der Waals surface area contributed by atoms with E-state index in [4.69, 9.17) is 4.74 Å². The number of rotatable bonds is 6. The smallest absolute Gasteiger partial charge is 0.252 e. The van der Waals surface area contributed by atoms with Crippen LogP contribution in [0.5, 0.6) is 5.75 Å². The molecule has 2 atom stereocenters. The van der Waals surface area contributed by atoms with Crippen molar-refractivity contribution >= 4 is 21.7 Å². The van der Waals surface area contributed by atoms with Crippen molar-refractivity contribution in [1.82, 2.24) is 10.6 Å². The molecule has 7 nitrogen and oxygen atoms in total. The van der Waals surface area contributed by atoms with Gasteiger partial charge in [0.05, 0.1) is 23.9 Å². The Morgan fingerprint density at radius 1 is 1.03 bits per heavy atom. The van der Waals surface area contributed by atoms with E-state index < -0.39 is 9.84 Å². The molecule has 0 saturated heterocycles. The predicted molar refractivity (Wildman–Crippen MR) is 127 cm³/mol. The number of carbonyl (C=O) groups excluding carboxylic acids is 2. The van der Waals surface area contributed by atoms with Gasteiger partial charge < -0.3 is 15.4 Å². The predicted octanol–water partition coefficient (Wildman–Crippen LogP) is 3.05. The molecule has 2 unspecified atom stereocenters. The van der Waals surface area contributed by atoms with Crippen molar-refractivity contribution in [2.24, 2.45) is 0 Å². The molecule has 34 heavy (non-hydrogen) atoms. The number of amides is 2. The minimum atomic E-state index is -3.26. The Morgan fingerprint density at radius 2 is 1.76 bits per heavy atom. The second kappa shape index (κ2) is 8.61. The highest BCUT2D eigenvalue weighted by molar-refractivity contribution is 7.90. The number of fused-ring (bicyclic) bond motifs is 2. The molecule has 2 N–H and O–H groups in total. The van der Waals surface area contributed by atoms with E-state index in [1.165, 1.54) is 6.26 Å². The highest BCUT2D eigenvalue weighted by Crippen LogP contribution is 2.39. The van der Waals surface area contributed by atoms with Crippen LogP contribution in [0.4, 0.5) is 0 Å². The second-order valence-corrected chi connectivity index (χ2v) is 10.7. The van der Waals surface area contributed by atoms with E-state index in [-0.39, 0.29) is 35.3 Å². The summed E-state index contributed by atoms with van der Waals surface area (Å²) in [6.45, 7) is 0.349. The first-order valence-corrected chi connectivity index (χ1v) is 12.9. The Bertz CT molecular complexity index is 1380. The van der Waals surface area contributed by atoms with Crippen LogP contribution in [0.2, 0.25) is 0 Å². The van der Waals surface area contributed by atoms with E-state index in [1.54, 1.807) is 30.3 Å². The summed E-state index contributed by atoms with van der Waals surface area (Å²) in [5.41, 5.74) is 4.26. The fourth-order valence-corrected chi connectivity index (χ4v) is 5.16. The lowest BCUT2D eigenvalue weighted by Crippen LogP contribution is -2.36. The average molecular weight is 477 g/mol. The van der Waals surface area contributed by atoms with Crippen LogP contribution in [0.25, 0.3) is 11.1 Å². The molecule has 3 aromatic carbocycles. The molecule has 0 bridgehead atoms. The van der Waals surface area contributed by atoms with Crippen molar-refractivity contribution < 1.29 is 22.7 Å². The normalized spacial score (nSPS) is 18.6. The zero-order chi connectivity index (χ0) is 23.9. The third-order valence-electron chi connectivity index (χ3n) is 6.22. The zero-order valence-electron chi connectivity index (χ0n) is 18.6. The lowest BCUT2D eigenvalue weighted by molar-refractivity contribution is -0.121. The molecular weight excluding hydrogens is 452 g/mol. The highest BCUT2D eigenvalue weighted by Gasteiger charge is 2.30. The summed E-state index contributed by atoms with van der Waals surface area (Å²) in [4.78, 5) is 24.9. The van der Waals surface area contributed by atoms with Gasteiger partial charge in [-0.25, -0.2) is 8.42 Å². The molecule has 2 aliphatic heterocycles. The molecule has 0 saturated carbocycles. The Hall–Kier alpha value is -3.65. The molecule has 8 heteroatoms. The monoisotopic (exact) mass is 476 g/mol. The second-order valence-electron chi connectivity index (χ2n) is 8.66. The molecule has 0 aliphatic carbocycles. The molecule has 0 radical (unpaired) electrons. The molecule has 2 heterocycles. The molecule has 2 amide bonds. The number of benzene rings is 3. The lowest BCUT2D eigenvalue weighted by atomic mass is 10.0. The highest BCUT2D eigenvalue weighted by atomic mass is 32.2. The number of sulfone groups is 1. The maximum absolute atomic E-state index is 12.6. The van der Waals surface area contributed by atoms with E-state index in [1.807, 2.05) is 36.4 Å². The number of hydrogen-bond acceptors (Lipinski definition) is 5. The van der Waals surface area contributed by atoms with Gasteiger partial charge >= 0.3 is 0 Å². The summed E-state index contributed by atoms with van der Waals surface area (Å²) in [7, 11) is -3.26. The van der Waals surface area contributed by atoms with Crippen molar-refractivity contribution in [2.75, 3.05) is 12.8 Å². The topological polar surface area (TPSA) is 102 Å². The van der Waals surface area contributed by atoms with Gasteiger partial charge in [-0.2, -0.15) is 0 Å². The van der Waals surface area contributed by atoms with Gasteiger partial charge in [0.2, 0.25) is 5.91 Å². The summed E-state index contributed by atoms with van der Waals surface area (Å²) in [6, 6.07) is 19.6. The first-order valence-electron chi connectivity index (χ1n) is 11.0. The number of ether oxygens (including phenoxy) is 1. The molecule has 0 aromatic heterocycles. The summed E-state index contributed by atoms with van der Waals surface area (Å²) < 4.78 is 29.7. The van der Waals surface area contributed by atoms with Crippen molar-refractivity contribution in [2.45, 2.75) is 29.9 Å². The minimum Gasteiger partial charge on any atom is -0.487 e. The van der Waals surface area contributed by atoms with Crippen molar-refractivity contribution in [1.29, 1.82) is 0 Å². The quantitative estimate of drug-likeness (QED) is 0.570. The number of para-hydroxylation sites is 1. The average Bonchev–Trinajstić information content (AvgIpc) is 3.38. The molecule has 0 spiro atoms. The van der Waals surface area contributed by atoms with Crippen LogP contribution in [0, 0.1) is 0 Å². The third kappa shape index (κ3) is 4.28. The standard InChI is InChI=1S/C26H24N2O5S/c1-34(31,32)19-11-9-16(10-12-19)20-8-4-5-17-13-18(33-25(17)20)15-27-24(29)14-23-21-6-2-3-7-22(21)26(30)28-23/h2-12,18,23H,13-15H2,1H3,(H,27,29)(H,28,30). The maximum Gasteiger partial charge on any atom is 0.252 e. The maximum atomic E-state index is 12.6. The fraction of sp³-hybridized carbons (Fsp3) is 0.231. The third-order valence-corrected chi connectivity index (χ3v) is 7.35. The summed E-state index contributed by atoms with van der Waals surface area (Å²) in [5, 5.41) is 5.80. The first kappa shape index (κ1) is 22.2. The number of nitrogens with one attached hydrogen (secondary N) is 2. The van der Waals surface area contributed by atoms with Gasteiger partial charge in [0.25, 0.3) is 5.91 Å². The van der Waals surface area contributed by atoms with Crippen LogP contribution in [-0.2, 0) is 21.1 Å². The van der Waals surface area contributed by atoms with E-state index in [2.05, 4.69) is 10.6 Å². The Kier molecular flexibility index (Phi) is 5.61. The van der Waals surface area contributed by atoms with Gasteiger partial charge in [0.1, 0.15) is 11.9 Å². The molecule has 5 rings (SSSR count). The van der Waals surface area contributed by atoms with Crippen molar-refractivity contribution in [3.8, 4) is 16.9 Å². The Morgan fingerprint density at radius 3 is 2.53 bits per heavy atom. The summed E-state index contributed by atoms with van der Waals surface area (Å²) in [5.74, 6) is 0.448. The number of hydrogen-bond donors (Lipinski definition) is 2. The van der Waals surface area contributed by atoms with Gasteiger partial charge in [0.15, 0.2) is 9.84 Å². The van der Waals surface area contributed by atoms with Crippen LogP contribution in [0.3, 0.4) is 0 Å². The van der Waals surface area contributed by atoms with Crippen LogP contribution in [0.15, 0.2) is 71.6 Å². The molecular formula is C26H24N2O5S. The van der Waals surface area contributed by atoms with E-state index in [9.17, 15) is 18.0 Å². The van der Waals surface area contributed by atoms with E-state index in [0.717, 1.165) is 28.0 Å². The fourth-order valence-electron chi connectivity index (χ4n) is 4.53. The largest absolute Gasteiger partial charge is 0.487 e. The van der Waals surface area contributed by atoms with Crippen LogP contribution in [-0.4, -0.2) is 39.1 Å². The van der Waals surface area contributed by atoms with Crippen molar-refractivity contribution in [3.63, 3.8) is 0 Å². The SMILES string of the molecule is CS(=O)(=O)c1ccc(-c2cccc3c2OC(CNC(=O)CC2NC(=O)c4ccccc42)C3)cc1. The molecule has 2 aliphatic rings. The Labute approximate surface area is 198 Å². The van der Waals surface area contributed by atoms with E-state index >= 15 is 0 Å². The molecule has 174 valence electrons. The van der Waals surface area contributed by atoms with Gasteiger partial charge in [-0.15, -0.1) is 0 Å². The summed E-state index contributed by atoms with van der Waals surface area (Å²) >= 11 is 0. The lowest BCUT2D eigenvalue weighted by Gasteiger charge is -2.15. The van der Waals surface area contributed by atoms with Crippen LogP contribution >= 0.6 is 0 Å². The number of carbonyl (C=O) groups is 2. The van der Waals surface area contributed by atoms with Crippen LogP contribution < -0.4 is 15.4 Å². The first-order chi connectivity index (χ1) is 16.3. The minimum absolute atomic E-state index is 0.153. The van der Waals surface area contributed by atoms with Crippen molar-refractivity contribution in [3.05, 3.63) is 83.4 Å². The van der Waals surface area contributed by atoms with Gasteiger partial charge in [0, 0.05) is 23.8 Å². The molecule has 3 aromatic rings. The van der Waals surface area contributed by atoms with E-state index in [0.29, 0.717) is 18.5 Å². The van der Waals surface area contributed by atoms with Gasteiger partial charge in [-0.1, -0.05) is 48.5 Å².